The molecular weight excluding hydrogens is 430 g/mol. The van der Waals surface area contributed by atoms with Crippen LogP contribution in [-0.2, 0) is 6.42 Å². The summed E-state index contributed by atoms with van der Waals surface area (Å²) < 4.78 is 14.0. The number of halogens is 3. The van der Waals surface area contributed by atoms with Crippen molar-refractivity contribution < 1.29 is 9.18 Å². The van der Waals surface area contributed by atoms with Crippen molar-refractivity contribution in [2.75, 3.05) is 6.54 Å². The molecule has 0 radical (unpaired) electrons. The Bertz CT molecular complexity index is 878. The van der Waals surface area contributed by atoms with Crippen LogP contribution in [0.2, 0.25) is 5.02 Å². The minimum Gasteiger partial charge on any atom is -0.361 e. The van der Waals surface area contributed by atoms with Gasteiger partial charge in [0.15, 0.2) is 0 Å². The van der Waals surface area contributed by atoms with Crippen molar-refractivity contribution >= 4 is 51.0 Å². The third-order valence-corrected chi connectivity index (χ3v) is 4.71. The average Bonchev–Trinajstić information content (AvgIpc) is 2.89. The summed E-state index contributed by atoms with van der Waals surface area (Å²) in [5, 5.41) is 4.48. The van der Waals surface area contributed by atoms with E-state index in [2.05, 4.69) is 32.9 Å². The van der Waals surface area contributed by atoms with E-state index >= 15 is 0 Å². The van der Waals surface area contributed by atoms with Crippen molar-refractivity contribution in [3.8, 4) is 0 Å². The molecule has 0 aliphatic carbocycles. The predicted molar refractivity (Wildman–Crippen MR) is 98.5 cm³/mol. The third kappa shape index (κ3) is 3.67. The first-order valence-corrected chi connectivity index (χ1v) is 8.49. The summed E-state index contributed by atoms with van der Waals surface area (Å²) in [7, 11) is 0. The Morgan fingerprint density at radius 3 is 2.87 bits per heavy atom. The van der Waals surface area contributed by atoms with Gasteiger partial charge in [0.2, 0.25) is 0 Å². The number of hydrogen-bond donors (Lipinski definition) is 2. The van der Waals surface area contributed by atoms with Gasteiger partial charge in [-0.3, -0.25) is 4.79 Å². The molecule has 0 fully saturated rings. The van der Waals surface area contributed by atoms with Crippen molar-refractivity contribution in [2.24, 2.45) is 0 Å². The van der Waals surface area contributed by atoms with E-state index in [1.807, 2.05) is 6.20 Å². The van der Waals surface area contributed by atoms with Crippen LogP contribution in [0, 0.1) is 9.39 Å². The van der Waals surface area contributed by atoms with Crippen LogP contribution in [0.3, 0.4) is 0 Å². The molecule has 0 saturated carbocycles. The number of carbonyl (C=O) groups is 1. The lowest BCUT2D eigenvalue weighted by molar-refractivity contribution is 0.0953. The fourth-order valence-electron chi connectivity index (χ4n) is 2.44. The van der Waals surface area contributed by atoms with E-state index in [0.29, 0.717) is 23.6 Å². The highest BCUT2D eigenvalue weighted by atomic mass is 127. The van der Waals surface area contributed by atoms with Crippen molar-refractivity contribution in [3.05, 3.63) is 68.1 Å². The van der Waals surface area contributed by atoms with E-state index in [0.717, 1.165) is 20.0 Å². The molecule has 23 heavy (non-hydrogen) atoms. The zero-order chi connectivity index (χ0) is 16.4. The lowest BCUT2D eigenvalue weighted by Gasteiger charge is -2.07. The Hall–Kier alpha value is -1.60. The summed E-state index contributed by atoms with van der Waals surface area (Å²) in [6, 6.07) is 9.83. The molecule has 2 aromatic carbocycles. The summed E-state index contributed by atoms with van der Waals surface area (Å²) in [6.45, 7) is 0.502. The first kappa shape index (κ1) is 16.3. The molecule has 1 heterocycles. The third-order valence-electron chi connectivity index (χ3n) is 3.59. The van der Waals surface area contributed by atoms with Crippen LogP contribution in [0.25, 0.3) is 10.9 Å². The monoisotopic (exact) mass is 442 g/mol. The topological polar surface area (TPSA) is 44.9 Å². The first-order chi connectivity index (χ1) is 11.0. The molecule has 6 heteroatoms. The van der Waals surface area contributed by atoms with Gasteiger partial charge in [-0.1, -0.05) is 11.6 Å². The molecular formula is C17H13ClFIN2O. The van der Waals surface area contributed by atoms with E-state index < -0.39 is 0 Å². The number of aromatic nitrogens is 1. The maximum atomic E-state index is 13.2. The van der Waals surface area contributed by atoms with Gasteiger partial charge in [0.05, 0.1) is 5.56 Å². The lowest BCUT2D eigenvalue weighted by Crippen LogP contribution is -2.26. The molecule has 3 rings (SSSR count). The minimum absolute atomic E-state index is 0.128. The second kappa shape index (κ2) is 6.88. The van der Waals surface area contributed by atoms with E-state index in [1.54, 1.807) is 24.3 Å². The highest BCUT2D eigenvalue weighted by molar-refractivity contribution is 14.1. The fraction of sp³-hybridized carbons (Fsp3) is 0.118. The number of carbonyl (C=O) groups excluding carboxylic acids is 1. The standard InChI is InChI=1S/C17H13ClFIN2O/c18-11-1-3-14(15(20)7-11)17(23)21-6-5-10-9-22-16-8-12(19)2-4-13(10)16/h1-4,7-9,22H,5-6H2,(H,21,23). The van der Waals surface area contributed by atoms with Crippen LogP contribution in [0.5, 0.6) is 0 Å². The molecule has 3 nitrogen and oxygen atoms in total. The van der Waals surface area contributed by atoms with Gasteiger partial charge in [0.1, 0.15) is 5.82 Å². The summed E-state index contributed by atoms with van der Waals surface area (Å²) in [4.78, 5) is 15.2. The Labute approximate surface area is 151 Å². The van der Waals surface area contributed by atoms with Crippen LogP contribution in [0.15, 0.2) is 42.6 Å². The Balaban J connectivity index is 1.65. The molecule has 0 aliphatic rings. The number of fused-ring (bicyclic) bond motifs is 1. The molecule has 0 saturated heterocycles. The first-order valence-electron chi connectivity index (χ1n) is 7.03. The summed E-state index contributed by atoms with van der Waals surface area (Å²) in [5.41, 5.74) is 2.42. The smallest absolute Gasteiger partial charge is 0.252 e. The molecule has 0 bridgehead atoms. The number of nitrogens with one attached hydrogen (secondary N) is 2. The Morgan fingerprint density at radius 1 is 1.26 bits per heavy atom. The molecule has 1 aromatic heterocycles. The average molecular weight is 443 g/mol. The number of aromatic amines is 1. The highest BCUT2D eigenvalue weighted by Crippen LogP contribution is 2.20. The predicted octanol–water partition coefficient (Wildman–Crippen LogP) is 4.54. The van der Waals surface area contributed by atoms with E-state index in [1.165, 1.54) is 12.1 Å². The van der Waals surface area contributed by atoms with Gasteiger partial charge < -0.3 is 10.3 Å². The second-order valence-electron chi connectivity index (χ2n) is 5.13. The van der Waals surface area contributed by atoms with Gasteiger partial charge in [-0.25, -0.2) is 4.39 Å². The van der Waals surface area contributed by atoms with Crippen LogP contribution in [0.1, 0.15) is 15.9 Å². The SMILES string of the molecule is O=C(NCCc1c[nH]c2cc(F)ccc12)c1ccc(Cl)cc1I. The van der Waals surface area contributed by atoms with E-state index in [4.69, 9.17) is 11.6 Å². The van der Waals surface area contributed by atoms with Gasteiger partial charge in [0, 0.05) is 32.2 Å². The summed E-state index contributed by atoms with van der Waals surface area (Å²) >= 11 is 7.99. The summed E-state index contributed by atoms with van der Waals surface area (Å²) in [5.74, 6) is -0.395. The second-order valence-corrected chi connectivity index (χ2v) is 6.73. The number of H-pyrrole nitrogens is 1. The maximum Gasteiger partial charge on any atom is 0.252 e. The number of benzene rings is 2. The zero-order valence-electron chi connectivity index (χ0n) is 12.0. The van der Waals surface area contributed by atoms with Crippen LogP contribution in [0.4, 0.5) is 4.39 Å². The Kier molecular flexibility index (Phi) is 4.87. The van der Waals surface area contributed by atoms with Crippen LogP contribution in [-0.4, -0.2) is 17.4 Å². The minimum atomic E-state index is -0.267. The van der Waals surface area contributed by atoms with Gasteiger partial charge in [0.25, 0.3) is 5.91 Å². The van der Waals surface area contributed by atoms with Crippen LogP contribution < -0.4 is 5.32 Å². The van der Waals surface area contributed by atoms with Gasteiger partial charge >= 0.3 is 0 Å². The number of rotatable bonds is 4. The van der Waals surface area contributed by atoms with Gasteiger partial charge in [-0.05, 0) is 71.0 Å². The molecule has 3 aromatic rings. The molecule has 2 N–H and O–H groups in total. The molecule has 118 valence electrons. The van der Waals surface area contributed by atoms with Crippen molar-refractivity contribution in [3.63, 3.8) is 0 Å². The van der Waals surface area contributed by atoms with Crippen molar-refractivity contribution in [1.29, 1.82) is 0 Å². The van der Waals surface area contributed by atoms with E-state index in [9.17, 15) is 9.18 Å². The zero-order valence-corrected chi connectivity index (χ0v) is 14.9. The lowest BCUT2D eigenvalue weighted by atomic mass is 10.1. The normalized spacial score (nSPS) is 10.9. The molecule has 0 aliphatic heterocycles. The van der Waals surface area contributed by atoms with Crippen molar-refractivity contribution in [2.45, 2.75) is 6.42 Å². The largest absolute Gasteiger partial charge is 0.361 e. The van der Waals surface area contributed by atoms with Gasteiger partial charge in [-0.15, -0.1) is 0 Å². The number of hydrogen-bond acceptors (Lipinski definition) is 1. The van der Waals surface area contributed by atoms with Crippen molar-refractivity contribution in [1.82, 2.24) is 10.3 Å². The fourth-order valence-corrected chi connectivity index (χ4v) is 3.56. The molecule has 0 atom stereocenters. The quantitative estimate of drug-likeness (QED) is 0.573. The highest BCUT2D eigenvalue weighted by Gasteiger charge is 2.10. The summed E-state index contributed by atoms with van der Waals surface area (Å²) in [6.07, 6.45) is 2.52. The van der Waals surface area contributed by atoms with Crippen LogP contribution >= 0.6 is 34.2 Å². The Morgan fingerprint density at radius 2 is 2.09 bits per heavy atom. The van der Waals surface area contributed by atoms with E-state index in [-0.39, 0.29) is 11.7 Å². The molecule has 0 spiro atoms. The number of amides is 1. The van der Waals surface area contributed by atoms with Gasteiger partial charge in [-0.2, -0.15) is 0 Å². The molecule has 1 amide bonds. The molecule has 0 unspecified atom stereocenters. The maximum absolute atomic E-state index is 13.2.